The van der Waals surface area contributed by atoms with E-state index in [9.17, 15) is 18.7 Å². The van der Waals surface area contributed by atoms with Gasteiger partial charge in [-0.3, -0.25) is 0 Å². The minimum Gasteiger partial charge on any atom is -0.450 e. The molecule has 4 aromatic carbocycles. The van der Waals surface area contributed by atoms with E-state index in [-0.39, 0.29) is 43.9 Å². The van der Waals surface area contributed by atoms with Gasteiger partial charge in [0.2, 0.25) is 0 Å². The summed E-state index contributed by atoms with van der Waals surface area (Å²) in [4.78, 5) is 16.9. The zero-order valence-corrected chi connectivity index (χ0v) is 36.0. The highest BCUT2D eigenvalue weighted by Crippen LogP contribution is 2.52. The Labute approximate surface area is 358 Å². The lowest BCUT2D eigenvalue weighted by Crippen LogP contribution is -2.67. The number of benzene rings is 4. The molecule has 61 heavy (non-hydrogen) atoms. The molecule has 1 aliphatic heterocycles. The summed E-state index contributed by atoms with van der Waals surface area (Å²) in [6.45, 7) is 8.25. The molecule has 0 amide bonds. The SMILES string of the molecule is CC(C)(C)[Si](OCC[C@@](C)(SC1COC(/C=C/C=C/c2ccc(C#N)cc2F)OC1)[C@@](Cn1cncn1)(OC(=O)O)c1ccc(F)cc1F)(c1ccccc1)c1ccccc1. The van der Waals surface area contributed by atoms with Crippen molar-refractivity contribution >= 4 is 42.7 Å². The van der Waals surface area contributed by atoms with Gasteiger partial charge >= 0.3 is 6.16 Å². The number of ether oxygens (including phenoxy) is 3. The Morgan fingerprint density at radius 1 is 0.951 bits per heavy atom. The van der Waals surface area contributed by atoms with Crippen molar-refractivity contribution in [2.24, 2.45) is 0 Å². The van der Waals surface area contributed by atoms with Crippen molar-refractivity contribution in [2.45, 2.75) is 67.6 Å². The van der Waals surface area contributed by atoms with Crippen LogP contribution in [0.4, 0.5) is 18.0 Å². The van der Waals surface area contributed by atoms with Crippen LogP contribution in [0.25, 0.3) is 6.08 Å². The first kappa shape index (κ1) is 45.0. The number of allylic oxidation sites excluding steroid dienone is 2. The van der Waals surface area contributed by atoms with Gasteiger partial charge in [-0.05, 0) is 59.1 Å². The molecule has 10 nitrogen and oxygen atoms in total. The maximum Gasteiger partial charge on any atom is 0.506 e. The number of nitrogens with zero attached hydrogens (tertiary/aromatic N) is 4. The van der Waals surface area contributed by atoms with Gasteiger partial charge in [0, 0.05) is 23.8 Å². The number of halogens is 3. The van der Waals surface area contributed by atoms with Crippen LogP contribution in [0.5, 0.6) is 0 Å². The Hall–Kier alpha value is -5.50. The van der Waals surface area contributed by atoms with E-state index in [2.05, 4.69) is 55.1 Å². The fourth-order valence-electron chi connectivity index (χ4n) is 7.85. The Morgan fingerprint density at radius 3 is 2.18 bits per heavy atom. The van der Waals surface area contributed by atoms with Gasteiger partial charge in [0.05, 0.1) is 41.4 Å². The highest BCUT2D eigenvalue weighted by Gasteiger charge is 2.57. The summed E-state index contributed by atoms with van der Waals surface area (Å²) in [6.07, 6.45) is 6.81. The molecule has 1 fully saturated rings. The van der Waals surface area contributed by atoms with Crippen LogP contribution in [-0.4, -0.2) is 70.5 Å². The third kappa shape index (κ3) is 10.2. The van der Waals surface area contributed by atoms with Crippen LogP contribution < -0.4 is 10.4 Å². The van der Waals surface area contributed by atoms with E-state index in [1.165, 1.54) is 47.3 Å². The fourth-order valence-corrected chi connectivity index (χ4v) is 14.1. The Bertz CT molecular complexity index is 2310. The van der Waals surface area contributed by atoms with E-state index in [4.69, 9.17) is 23.9 Å². The van der Waals surface area contributed by atoms with E-state index >= 15 is 4.39 Å². The predicted octanol–water partition coefficient (Wildman–Crippen LogP) is 8.63. The van der Waals surface area contributed by atoms with Crippen molar-refractivity contribution in [1.82, 2.24) is 14.8 Å². The fraction of sp³-hybridized carbons (Fsp3) is 0.304. The molecule has 1 aromatic heterocycles. The van der Waals surface area contributed by atoms with Crippen LogP contribution in [0, 0.1) is 28.8 Å². The summed E-state index contributed by atoms with van der Waals surface area (Å²) in [7, 11) is -3.12. The number of rotatable bonds is 16. The highest BCUT2D eigenvalue weighted by atomic mass is 32.2. The number of hydrogen-bond acceptors (Lipinski definition) is 9. The van der Waals surface area contributed by atoms with E-state index < -0.39 is 58.9 Å². The second-order valence-electron chi connectivity index (χ2n) is 15.8. The van der Waals surface area contributed by atoms with Gasteiger partial charge in [-0.2, -0.15) is 10.4 Å². The molecule has 0 bridgehead atoms. The van der Waals surface area contributed by atoms with Gasteiger partial charge in [0.25, 0.3) is 8.32 Å². The first-order valence-electron chi connectivity index (χ1n) is 19.6. The number of thioether (sulfide) groups is 1. The normalized spacial score (nSPS) is 18.1. The molecule has 1 aliphatic rings. The van der Waals surface area contributed by atoms with Crippen LogP contribution in [0.1, 0.15) is 50.8 Å². The molecular weight excluding hydrogens is 822 g/mol. The topological polar surface area (TPSA) is 129 Å². The third-order valence-electron chi connectivity index (χ3n) is 10.8. The molecule has 0 unspecified atom stereocenters. The molecule has 1 saturated heterocycles. The van der Waals surface area contributed by atoms with Crippen molar-refractivity contribution in [3.05, 3.63) is 162 Å². The molecule has 0 aliphatic carbocycles. The first-order chi connectivity index (χ1) is 29.2. The van der Waals surface area contributed by atoms with Gasteiger partial charge < -0.3 is 23.7 Å². The summed E-state index contributed by atoms with van der Waals surface area (Å²) in [5, 5.41) is 25.0. The Morgan fingerprint density at radius 2 is 1.62 bits per heavy atom. The smallest absolute Gasteiger partial charge is 0.450 e. The van der Waals surface area contributed by atoms with Crippen molar-refractivity contribution in [3.8, 4) is 6.07 Å². The largest absolute Gasteiger partial charge is 0.506 e. The zero-order valence-electron chi connectivity index (χ0n) is 34.2. The van der Waals surface area contributed by atoms with E-state index in [1.54, 1.807) is 31.2 Å². The van der Waals surface area contributed by atoms with Gasteiger partial charge in [-0.15, -0.1) is 11.8 Å². The van der Waals surface area contributed by atoms with Crippen LogP contribution >= 0.6 is 11.8 Å². The quantitative estimate of drug-likeness (QED) is 0.0585. The van der Waals surface area contributed by atoms with Gasteiger partial charge in [-0.1, -0.05) is 106 Å². The maximum absolute atomic E-state index is 16.3. The van der Waals surface area contributed by atoms with E-state index in [0.29, 0.717) is 11.6 Å². The molecule has 0 spiro atoms. The molecule has 318 valence electrons. The summed E-state index contributed by atoms with van der Waals surface area (Å²) < 4.78 is 70.7. The lowest BCUT2D eigenvalue weighted by atomic mass is 9.78. The van der Waals surface area contributed by atoms with Gasteiger partial charge in [-0.25, -0.2) is 27.6 Å². The molecule has 0 saturated carbocycles. The minimum absolute atomic E-state index is 0.0770. The average Bonchev–Trinajstić information content (AvgIpc) is 3.75. The van der Waals surface area contributed by atoms with Crippen molar-refractivity contribution in [1.29, 1.82) is 5.26 Å². The number of carbonyl (C=O) groups is 1. The second-order valence-corrected chi connectivity index (χ2v) is 21.9. The highest BCUT2D eigenvalue weighted by molar-refractivity contribution is 8.01. The monoisotopic (exact) mass is 868 g/mol. The second kappa shape index (κ2) is 19.5. The Balaban J connectivity index is 1.36. The minimum atomic E-state index is -3.12. The Kier molecular flexibility index (Phi) is 14.4. The lowest BCUT2D eigenvalue weighted by Gasteiger charge is -2.49. The van der Waals surface area contributed by atoms with Gasteiger partial charge in [0.15, 0.2) is 11.9 Å². The van der Waals surface area contributed by atoms with Crippen LogP contribution in [0.15, 0.2) is 128 Å². The van der Waals surface area contributed by atoms with Crippen LogP contribution in [-0.2, 0) is 30.8 Å². The molecular formula is C46H47F3N4O6SSi. The number of carboxylic acid groups (broad SMARTS) is 1. The van der Waals surface area contributed by atoms with E-state index in [0.717, 1.165) is 22.5 Å². The number of aromatic nitrogens is 3. The van der Waals surface area contributed by atoms with Crippen molar-refractivity contribution in [2.75, 3.05) is 19.8 Å². The van der Waals surface area contributed by atoms with Crippen LogP contribution in [0.3, 0.4) is 0 Å². The molecule has 0 radical (unpaired) electrons. The molecule has 6 rings (SSSR count). The molecule has 2 heterocycles. The zero-order chi connectivity index (χ0) is 43.7. The number of nitriles is 1. The molecule has 2 atom stereocenters. The predicted molar refractivity (Wildman–Crippen MR) is 230 cm³/mol. The third-order valence-corrected chi connectivity index (χ3v) is 17.5. The number of hydrogen-bond donors (Lipinski definition) is 1. The molecule has 5 aromatic rings. The van der Waals surface area contributed by atoms with E-state index in [1.807, 2.05) is 42.5 Å². The van der Waals surface area contributed by atoms with Gasteiger partial charge in [0.1, 0.15) is 30.1 Å². The van der Waals surface area contributed by atoms with Crippen molar-refractivity contribution < 1.29 is 41.7 Å². The summed E-state index contributed by atoms with van der Waals surface area (Å²) >= 11 is 1.30. The average molecular weight is 869 g/mol. The maximum atomic E-state index is 16.3. The summed E-state index contributed by atoms with van der Waals surface area (Å²) in [5.74, 6) is -2.38. The molecule has 15 heteroatoms. The first-order valence-corrected chi connectivity index (χ1v) is 22.4. The summed E-state index contributed by atoms with van der Waals surface area (Å²) in [5.41, 5.74) is -1.72. The standard InChI is InChI=1S/C46H47F3N4O6SSi/c1-44(2,3)61(37-14-7-5-8-15-37,38-16-9-6-10-17-38)58-24-23-45(4,46(59-43(54)55,30-53-32-51-31-52-53)39-22-21-35(47)26-41(39)49)60-36-28-56-42(57-29-36)18-12-11-13-34-20-19-33(27-50)25-40(34)48/h5-22,25-26,31-32,36,42H,23-24,28-30H2,1-4H3,(H,54,55)/b13-11+,18-12+/t36?,42?,45-,46+/m1/s1. The lowest BCUT2D eigenvalue weighted by molar-refractivity contribution is -0.146. The van der Waals surface area contributed by atoms with Crippen molar-refractivity contribution in [3.63, 3.8) is 0 Å². The summed E-state index contributed by atoms with van der Waals surface area (Å²) in [6, 6.07) is 29.2. The molecule has 1 N–H and O–H groups in total. The van der Waals surface area contributed by atoms with Crippen LogP contribution in [0.2, 0.25) is 5.04 Å².